The van der Waals surface area contributed by atoms with Gasteiger partial charge < -0.3 is 13.9 Å². The number of ether oxygens (including phenoxy) is 2. The summed E-state index contributed by atoms with van der Waals surface area (Å²) >= 11 is 5.76. The Labute approximate surface area is 125 Å². The molecule has 110 valence electrons. The van der Waals surface area contributed by atoms with Gasteiger partial charge in [-0.25, -0.2) is 9.59 Å². The van der Waals surface area contributed by atoms with Crippen LogP contribution >= 0.6 is 11.6 Å². The molecule has 2 rings (SSSR count). The van der Waals surface area contributed by atoms with Crippen molar-refractivity contribution in [3.8, 4) is 11.8 Å². The van der Waals surface area contributed by atoms with Crippen molar-refractivity contribution in [3.05, 3.63) is 51.0 Å². The molecule has 6 nitrogen and oxygen atoms in total. The Hall–Kier alpha value is -2.34. The summed E-state index contributed by atoms with van der Waals surface area (Å²) < 4.78 is 15.0. The quantitative estimate of drug-likeness (QED) is 0.808. The minimum atomic E-state index is -0.711. The van der Waals surface area contributed by atoms with Crippen LogP contribution in [0.1, 0.15) is 23.0 Å². The Balaban J connectivity index is 2.34. The van der Waals surface area contributed by atoms with Crippen molar-refractivity contribution in [1.82, 2.24) is 4.98 Å². The number of benzene rings is 1. The summed E-state index contributed by atoms with van der Waals surface area (Å²) in [6.07, 6.45) is -0.337. The Morgan fingerprint density at radius 1 is 1.33 bits per heavy atom. The van der Waals surface area contributed by atoms with E-state index in [9.17, 15) is 9.59 Å². The monoisotopic (exact) mass is 309 g/mol. The summed E-state index contributed by atoms with van der Waals surface area (Å²) in [5.41, 5.74) is -0.772. The normalized spacial score (nSPS) is 10.2. The fourth-order valence-corrected chi connectivity index (χ4v) is 1.62. The van der Waals surface area contributed by atoms with Gasteiger partial charge in [0.25, 0.3) is 0 Å². The number of nitrogens with zero attached hydrogens (tertiary/aromatic N) is 1. The van der Waals surface area contributed by atoms with Crippen LogP contribution in [0, 0.1) is 6.92 Å². The van der Waals surface area contributed by atoms with Crippen molar-refractivity contribution >= 4 is 17.6 Å². The number of carbonyl (C=O) groups is 1. The summed E-state index contributed by atoms with van der Waals surface area (Å²) in [5.74, 6) is -0.336. The highest BCUT2D eigenvalue weighted by Gasteiger charge is 2.19. The van der Waals surface area contributed by atoms with Crippen molar-refractivity contribution in [2.24, 2.45) is 0 Å². The Morgan fingerprint density at radius 2 is 2.00 bits per heavy atom. The van der Waals surface area contributed by atoms with E-state index in [4.69, 9.17) is 25.5 Å². The number of carbonyl (C=O) groups excluding carboxylic acids is 1. The number of hydrogen-bond acceptors (Lipinski definition) is 6. The van der Waals surface area contributed by atoms with Crippen molar-refractivity contribution < 1.29 is 18.7 Å². The number of hydrogen-bond donors (Lipinski definition) is 0. The Kier molecular flexibility index (Phi) is 4.59. The molecule has 0 saturated heterocycles. The largest absolute Gasteiger partial charge is 0.461 e. The fourth-order valence-electron chi connectivity index (χ4n) is 1.50. The van der Waals surface area contributed by atoms with E-state index in [0.717, 1.165) is 0 Å². The van der Waals surface area contributed by atoms with Crippen LogP contribution in [0.2, 0.25) is 5.02 Å². The SMILES string of the molecule is CCOC(=O)c1nc(Oc2ccc(Cl)cc2)oc(=O)c1C. The molecule has 0 radical (unpaired) electrons. The van der Waals surface area contributed by atoms with E-state index in [2.05, 4.69) is 4.98 Å². The highest BCUT2D eigenvalue weighted by atomic mass is 35.5. The molecule has 0 N–H and O–H groups in total. The first kappa shape index (κ1) is 15.1. The van der Waals surface area contributed by atoms with E-state index in [0.29, 0.717) is 10.8 Å². The molecule has 0 bridgehead atoms. The molecular weight excluding hydrogens is 298 g/mol. The lowest BCUT2D eigenvalue weighted by molar-refractivity contribution is 0.0514. The Bertz CT molecular complexity index is 708. The summed E-state index contributed by atoms with van der Waals surface area (Å²) in [7, 11) is 0. The number of esters is 1. The standard InChI is InChI=1S/C14H12ClNO5/c1-3-19-13(18)11-8(2)12(17)21-14(16-11)20-10-6-4-9(15)5-7-10/h4-7H,3H2,1-2H3. The van der Waals surface area contributed by atoms with E-state index >= 15 is 0 Å². The maximum Gasteiger partial charge on any atom is 0.402 e. The van der Waals surface area contributed by atoms with Gasteiger partial charge in [-0.2, -0.15) is 4.98 Å². The maximum absolute atomic E-state index is 11.7. The molecule has 21 heavy (non-hydrogen) atoms. The van der Waals surface area contributed by atoms with Gasteiger partial charge in [0.15, 0.2) is 5.69 Å². The third kappa shape index (κ3) is 3.61. The predicted molar refractivity (Wildman–Crippen MR) is 75.0 cm³/mol. The van der Waals surface area contributed by atoms with Gasteiger partial charge in [0.05, 0.1) is 12.2 Å². The molecule has 0 aliphatic heterocycles. The van der Waals surface area contributed by atoms with Crippen LogP contribution in [0.4, 0.5) is 0 Å². The lowest BCUT2D eigenvalue weighted by atomic mass is 10.2. The fraction of sp³-hybridized carbons (Fsp3) is 0.214. The third-order valence-electron chi connectivity index (χ3n) is 2.53. The molecule has 1 heterocycles. The third-order valence-corrected chi connectivity index (χ3v) is 2.78. The molecule has 0 spiro atoms. The minimum Gasteiger partial charge on any atom is -0.461 e. The van der Waals surface area contributed by atoms with E-state index in [1.54, 1.807) is 31.2 Å². The smallest absolute Gasteiger partial charge is 0.402 e. The lowest BCUT2D eigenvalue weighted by Gasteiger charge is -2.06. The molecule has 0 fully saturated rings. The van der Waals surface area contributed by atoms with Gasteiger partial charge >= 0.3 is 17.7 Å². The predicted octanol–water partition coefficient (Wildman–Crippen LogP) is 2.97. The second-order valence-electron chi connectivity index (χ2n) is 4.02. The van der Waals surface area contributed by atoms with Crippen molar-refractivity contribution in [2.75, 3.05) is 6.61 Å². The van der Waals surface area contributed by atoms with Gasteiger partial charge in [-0.3, -0.25) is 0 Å². The topological polar surface area (TPSA) is 78.6 Å². The molecule has 1 aromatic carbocycles. The second kappa shape index (κ2) is 6.41. The zero-order valence-corrected chi connectivity index (χ0v) is 12.1. The van der Waals surface area contributed by atoms with Crippen LogP contribution < -0.4 is 10.4 Å². The van der Waals surface area contributed by atoms with Gasteiger partial charge in [0.1, 0.15) is 5.75 Å². The molecule has 1 aromatic heterocycles. The van der Waals surface area contributed by atoms with E-state index < -0.39 is 11.6 Å². The van der Waals surface area contributed by atoms with Crippen molar-refractivity contribution in [1.29, 1.82) is 0 Å². The van der Waals surface area contributed by atoms with Gasteiger partial charge in [-0.15, -0.1) is 0 Å². The van der Waals surface area contributed by atoms with Crippen LogP contribution in [0.5, 0.6) is 11.8 Å². The molecule has 0 aliphatic carbocycles. The molecule has 0 aliphatic rings. The van der Waals surface area contributed by atoms with Gasteiger partial charge in [-0.1, -0.05) is 11.6 Å². The zero-order chi connectivity index (χ0) is 15.4. The highest BCUT2D eigenvalue weighted by Crippen LogP contribution is 2.21. The molecule has 0 saturated carbocycles. The molecular formula is C14H12ClNO5. The number of aromatic nitrogens is 1. The molecule has 0 unspecified atom stereocenters. The molecule has 0 amide bonds. The van der Waals surface area contributed by atoms with E-state index in [1.165, 1.54) is 6.92 Å². The van der Waals surface area contributed by atoms with Crippen molar-refractivity contribution in [2.45, 2.75) is 13.8 Å². The van der Waals surface area contributed by atoms with E-state index in [-0.39, 0.29) is 23.9 Å². The van der Waals surface area contributed by atoms with Crippen molar-refractivity contribution in [3.63, 3.8) is 0 Å². The maximum atomic E-state index is 11.7. The zero-order valence-electron chi connectivity index (χ0n) is 11.4. The highest BCUT2D eigenvalue weighted by molar-refractivity contribution is 6.30. The summed E-state index contributed by atoms with van der Waals surface area (Å²) in [6.45, 7) is 3.26. The van der Waals surface area contributed by atoms with Crippen LogP contribution in [0.15, 0.2) is 33.5 Å². The van der Waals surface area contributed by atoms with Gasteiger partial charge in [0, 0.05) is 5.02 Å². The Morgan fingerprint density at radius 3 is 2.62 bits per heavy atom. The first-order valence-electron chi connectivity index (χ1n) is 6.13. The van der Waals surface area contributed by atoms with Gasteiger partial charge in [0.2, 0.25) is 0 Å². The van der Waals surface area contributed by atoms with Crippen LogP contribution in [-0.4, -0.2) is 17.6 Å². The molecule has 7 heteroatoms. The molecule has 0 atom stereocenters. The van der Waals surface area contributed by atoms with Crippen LogP contribution in [0.25, 0.3) is 0 Å². The minimum absolute atomic E-state index is 0.0666. The number of halogens is 1. The van der Waals surface area contributed by atoms with Gasteiger partial charge in [-0.05, 0) is 38.1 Å². The second-order valence-corrected chi connectivity index (χ2v) is 4.45. The van der Waals surface area contributed by atoms with Crippen LogP contribution in [0.3, 0.4) is 0 Å². The van der Waals surface area contributed by atoms with E-state index in [1.807, 2.05) is 0 Å². The lowest BCUT2D eigenvalue weighted by Crippen LogP contribution is -2.17. The summed E-state index contributed by atoms with van der Waals surface area (Å²) in [4.78, 5) is 27.3. The first-order valence-corrected chi connectivity index (χ1v) is 6.51. The average molecular weight is 310 g/mol. The summed E-state index contributed by atoms with van der Waals surface area (Å²) in [6, 6.07) is 6.37. The summed E-state index contributed by atoms with van der Waals surface area (Å²) in [5, 5.41) is 0.535. The average Bonchev–Trinajstić information content (AvgIpc) is 2.45. The molecule has 2 aromatic rings. The first-order chi connectivity index (χ1) is 10.0. The van der Waals surface area contributed by atoms with Crippen LogP contribution in [-0.2, 0) is 4.74 Å². The number of rotatable bonds is 4.